The lowest BCUT2D eigenvalue weighted by Crippen LogP contribution is -2.50. The highest BCUT2D eigenvalue weighted by atomic mass is 16.2. The van der Waals surface area contributed by atoms with Gasteiger partial charge in [-0.15, -0.1) is 0 Å². The molecule has 180 valence electrons. The van der Waals surface area contributed by atoms with Gasteiger partial charge in [-0.05, 0) is 37.2 Å². The highest BCUT2D eigenvalue weighted by Crippen LogP contribution is 2.36. The monoisotopic (exact) mass is 468 g/mol. The number of hydrogen-bond donors (Lipinski definition) is 3. The zero-order chi connectivity index (χ0) is 24.6. The summed E-state index contributed by atoms with van der Waals surface area (Å²) in [6, 6.07) is 8.40. The summed E-state index contributed by atoms with van der Waals surface area (Å²) in [4.78, 5) is 67.6. The number of hydrogen-bond acceptors (Lipinski definition) is 6. The molecule has 0 atom stereocenters. The number of urea groups is 1. The normalized spacial score (nSPS) is 22.2. The SMILES string of the molecule is CC1CCC2(CC1)NC(=O)N(CC(=O)N(C)c1c(N)n(Cc3ccccc3)c(=O)[nH]c1=O)C2=O. The fourth-order valence-electron chi connectivity index (χ4n) is 4.60. The van der Waals surface area contributed by atoms with E-state index in [1.807, 2.05) is 6.07 Å². The molecule has 4 rings (SSSR count). The number of aromatic amines is 1. The maximum Gasteiger partial charge on any atom is 0.330 e. The molecule has 1 spiro atoms. The molecule has 0 bridgehead atoms. The van der Waals surface area contributed by atoms with Gasteiger partial charge in [0.15, 0.2) is 5.69 Å². The van der Waals surface area contributed by atoms with Crippen molar-refractivity contribution in [2.24, 2.45) is 5.92 Å². The lowest BCUT2D eigenvalue weighted by atomic mass is 9.77. The second-order valence-electron chi connectivity index (χ2n) is 9.10. The van der Waals surface area contributed by atoms with E-state index >= 15 is 0 Å². The van der Waals surface area contributed by atoms with Gasteiger partial charge in [-0.2, -0.15) is 0 Å². The molecule has 1 aliphatic carbocycles. The van der Waals surface area contributed by atoms with Gasteiger partial charge in [0.25, 0.3) is 11.5 Å². The minimum Gasteiger partial charge on any atom is -0.383 e. The lowest BCUT2D eigenvalue weighted by Gasteiger charge is -2.33. The molecule has 11 heteroatoms. The molecule has 4 amide bonds. The third-order valence-electron chi connectivity index (χ3n) is 6.77. The maximum absolute atomic E-state index is 13.1. The molecule has 1 saturated carbocycles. The largest absolute Gasteiger partial charge is 0.383 e. The Morgan fingerprint density at radius 3 is 2.44 bits per heavy atom. The average Bonchev–Trinajstić information content (AvgIpc) is 3.03. The van der Waals surface area contributed by atoms with E-state index < -0.39 is 41.2 Å². The van der Waals surface area contributed by atoms with Gasteiger partial charge >= 0.3 is 11.7 Å². The molecule has 2 aliphatic rings. The van der Waals surface area contributed by atoms with E-state index in [0.717, 1.165) is 32.8 Å². The summed E-state index contributed by atoms with van der Waals surface area (Å²) in [7, 11) is 1.32. The van der Waals surface area contributed by atoms with Gasteiger partial charge in [0.1, 0.15) is 17.9 Å². The van der Waals surface area contributed by atoms with Crippen molar-refractivity contribution in [1.82, 2.24) is 19.8 Å². The number of likely N-dealkylation sites (N-methyl/N-ethyl adjacent to an activating group) is 1. The van der Waals surface area contributed by atoms with E-state index in [1.165, 1.54) is 7.05 Å². The standard InChI is InChI=1S/C23H28N6O5/c1-14-8-10-23(11-9-14)20(32)29(22(34)26-23)13-16(30)27(2)17-18(24)28(21(33)25-19(17)31)12-15-6-4-3-5-7-15/h3-7,14H,8-13,24H2,1-2H3,(H,26,34)(H,25,31,33). The van der Waals surface area contributed by atoms with Crippen molar-refractivity contribution in [2.75, 3.05) is 24.2 Å². The first-order valence-corrected chi connectivity index (χ1v) is 11.2. The van der Waals surface area contributed by atoms with Gasteiger partial charge in [-0.1, -0.05) is 37.3 Å². The van der Waals surface area contributed by atoms with Gasteiger partial charge in [0, 0.05) is 7.05 Å². The smallest absolute Gasteiger partial charge is 0.330 e. The Bertz CT molecular complexity index is 1240. The molecule has 11 nitrogen and oxygen atoms in total. The number of H-pyrrole nitrogens is 1. The molecule has 2 fully saturated rings. The predicted octanol–water partition coefficient (Wildman–Crippen LogP) is 0.631. The Balaban J connectivity index is 1.57. The number of rotatable bonds is 5. The molecule has 1 aromatic carbocycles. The summed E-state index contributed by atoms with van der Waals surface area (Å²) in [5.41, 5.74) is 4.18. The van der Waals surface area contributed by atoms with E-state index in [2.05, 4.69) is 17.2 Å². The molecular formula is C23H28N6O5. The van der Waals surface area contributed by atoms with Crippen molar-refractivity contribution in [3.63, 3.8) is 0 Å². The van der Waals surface area contributed by atoms with Crippen LogP contribution in [0.4, 0.5) is 16.3 Å². The van der Waals surface area contributed by atoms with Crippen molar-refractivity contribution in [2.45, 2.75) is 44.7 Å². The van der Waals surface area contributed by atoms with E-state index in [4.69, 9.17) is 5.73 Å². The van der Waals surface area contributed by atoms with Crippen LogP contribution in [0.25, 0.3) is 0 Å². The van der Waals surface area contributed by atoms with Crippen LogP contribution in [-0.2, 0) is 16.1 Å². The Hall–Kier alpha value is -3.89. The fraction of sp³-hybridized carbons (Fsp3) is 0.435. The number of amides is 4. The highest BCUT2D eigenvalue weighted by Gasteiger charge is 2.52. The van der Waals surface area contributed by atoms with Gasteiger partial charge in [0.05, 0.1) is 6.54 Å². The van der Waals surface area contributed by atoms with Crippen LogP contribution in [-0.4, -0.2) is 51.4 Å². The summed E-state index contributed by atoms with van der Waals surface area (Å²) in [5, 5.41) is 2.77. The number of benzene rings is 1. The second-order valence-corrected chi connectivity index (χ2v) is 9.10. The number of nitrogens with two attached hydrogens (primary N) is 1. The van der Waals surface area contributed by atoms with Crippen molar-refractivity contribution in [3.8, 4) is 0 Å². The first kappa shape index (κ1) is 23.3. The van der Waals surface area contributed by atoms with Crippen molar-refractivity contribution in [3.05, 3.63) is 56.7 Å². The summed E-state index contributed by atoms with van der Waals surface area (Å²) in [6.07, 6.45) is 2.66. The first-order chi connectivity index (χ1) is 16.1. The minimum atomic E-state index is -0.970. The Kier molecular flexibility index (Phi) is 6.03. The molecule has 2 aromatic rings. The molecule has 1 aliphatic heterocycles. The minimum absolute atomic E-state index is 0.0886. The van der Waals surface area contributed by atoms with Gasteiger partial charge in [-0.25, -0.2) is 9.59 Å². The summed E-state index contributed by atoms with van der Waals surface area (Å²) in [6.45, 7) is 1.64. The summed E-state index contributed by atoms with van der Waals surface area (Å²) in [5.74, 6) is -0.837. The van der Waals surface area contributed by atoms with E-state index in [-0.39, 0.29) is 18.1 Å². The van der Waals surface area contributed by atoms with Crippen LogP contribution in [0, 0.1) is 5.92 Å². The number of anilines is 2. The van der Waals surface area contributed by atoms with Crippen LogP contribution in [0.2, 0.25) is 0 Å². The average molecular weight is 469 g/mol. The number of carbonyl (C=O) groups is 3. The zero-order valence-corrected chi connectivity index (χ0v) is 19.2. The molecule has 4 N–H and O–H groups in total. The van der Waals surface area contributed by atoms with Crippen molar-refractivity contribution >= 4 is 29.4 Å². The number of nitrogens with zero attached hydrogens (tertiary/aromatic N) is 3. The fourth-order valence-corrected chi connectivity index (χ4v) is 4.60. The third-order valence-corrected chi connectivity index (χ3v) is 6.77. The lowest BCUT2D eigenvalue weighted by molar-refractivity contribution is -0.135. The molecular weight excluding hydrogens is 440 g/mol. The van der Waals surface area contributed by atoms with Crippen LogP contribution in [0.5, 0.6) is 0 Å². The number of carbonyl (C=O) groups excluding carboxylic acids is 3. The van der Waals surface area contributed by atoms with Crippen LogP contribution < -0.4 is 27.2 Å². The third kappa shape index (κ3) is 4.09. The Morgan fingerprint density at radius 1 is 1.15 bits per heavy atom. The predicted molar refractivity (Wildman–Crippen MR) is 125 cm³/mol. The topological polar surface area (TPSA) is 151 Å². The van der Waals surface area contributed by atoms with Crippen molar-refractivity contribution < 1.29 is 14.4 Å². The first-order valence-electron chi connectivity index (χ1n) is 11.2. The number of nitrogen functional groups attached to an aromatic ring is 1. The molecule has 1 saturated heterocycles. The van der Waals surface area contributed by atoms with E-state index in [0.29, 0.717) is 18.8 Å². The summed E-state index contributed by atoms with van der Waals surface area (Å²) < 4.78 is 1.15. The zero-order valence-electron chi connectivity index (χ0n) is 19.2. The van der Waals surface area contributed by atoms with Crippen LogP contribution in [0.3, 0.4) is 0 Å². The van der Waals surface area contributed by atoms with Gasteiger partial charge < -0.3 is 16.0 Å². The number of aromatic nitrogens is 2. The molecule has 0 radical (unpaired) electrons. The second kappa shape index (κ2) is 8.81. The van der Waals surface area contributed by atoms with E-state index in [1.54, 1.807) is 24.3 Å². The van der Waals surface area contributed by atoms with Crippen LogP contribution in [0.1, 0.15) is 38.2 Å². The molecule has 34 heavy (non-hydrogen) atoms. The maximum atomic E-state index is 13.1. The number of nitrogens with one attached hydrogen (secondary N) is 2. The van der Waals surface area contributed by atoms with Crippen LogP contribution in [0.15, 0.2) is 39.9 Å². The van der Waals surface area contributed by atoms with Crippen molar-refractivity contribution in [1.29, 1.82) is 0 Å². The quantitative estimate of drug-likeness (QED) is 0.548. The Morgan fingerprint density at radius 2 is 1.79 bits per heavy atom. The summed E-state index contributed by atoms with van der Waals surface area (Å²) >= 11 is 0. The molecule has 0 unspecified atom stereocenters. The molecule has 2 heterocycles. The van der Waals surface area contributed by atoms with Gasteiger partial charge in [0.2, 0.25) is 5.91 Å². The van der Waals surface area contributed by atoms with Crippen LogP contribution >= 0.6 is 0 Å². The van der Waals surface area contributed by atoms with Gasteiger partial charge in [-0.3, -0.25) is 28.8 Å². The highest BCUT2D eigenvalue weighted by molar-refractivity contribution is 6.10. The Labute approximate surface area is 195 Å². The number of imide groups is 1. The van der Waals surface area contributed by atoms with E-state index in [9.17, 15) is 24.0 Å². The molecule has 1 aromatic heterocycles.